The summed E-state index contributed by atoms with van der Waals surface area (Å²) < 4.78 is 5.88. The summed E-state index contributed by atoms with van der Waals surface area (Å²) in [6, 6.07) is 15.9. The van der Waals surface area contributed by atoms with E-state index in [9.17, 15) is 4.79 Å². The van der Waals surface area contributed by atoms with Crippen LogP contribution in [0.3, 0.4) is 0 Å². The molecule has 1 fully saturated rings. The summed E-state index contributed by atoms with van der Waals surface area (Å²) in [5, 5.41) is 5.11. The van der Waals surface area contributed by atoms with Crippen molar-refractivity contribution in [2.45, 2.75) is 25.4 Å². The maximum absolute atomic E-state index is 12.9. The van der Waals surface area contributed by atoms with E-state index in [1.54, 1.807) is 17.5 Å². The van der Waals surface area contributed by atoms with Gasteiger partial charge in [-0.15, -0.1) is 11.3 Å². The van der Waals surface area contributed by atoms with Crippen LogP contribution in [0.15, 0.2) is 64.5 Å². The normalized spacial score (nSPS) is 16.4. The monoisotopic (exact) mass is 404 g/mol. The van der Waals surface area contributed by atoms with Gasteiger partial charge in [-0.05, 0) is 54.1 Å². The van der Waals surface area contributed by atoms with Crippen molar-refractivity contribution < 1.29 is 9.21 Å². The highest BCUT2D eigenvalue weighted by molar-refractivity contribution is 7.13. The van der Waals surface area contributed by atoms with Gasteiger partial charge in [0.25, 0.3) is 6.01 Å². The summed E-state index contributed by atoms with van der Waals surface area (Å²) in [5.41, 5.74) is 3.52. The number of hydrogen-bond acceptors (Lipinski definition) is 6. The predicted octanol–water partition coefficient (Wildman–Crippen LogP) is 4.24. The minimum Gasteiger partial charge on any atom is -0.423 e. The van der Waals surface area contributed by atoms with Gasteiger partial charge < -0.3 is 14.6 Å². The summed E-state index contributed by atoms with van der Waals surface area (Å²) in [6.07, 6.45) is 3.52. The Bertz CT molecular complexity index is 1110. The van der Waals surface area contributed by atoms with Crippen LogP contribution in [0.1, 0.15) is 18.4 Å². The number of anilines is 1. The van der Waals surface area contributed by atoms with Crippen molar-refractivity contribution >= 4 is 34.4 Å². The Morgan fingerprint density at radius 1 is 1.24 bits per heavy atom. The Hall–Kier alpha value is -3.19. The molecule has 0 aliphatic carbocycles. The maximum atomic E-state index is 12.9. The van der Waals surface area contributed by atoms with Crippen LogP contribution in [-0.2, 0) is 11.3 Å². The van der Waals surface area contributed by atoms with Crippen molar-refractivity contribution in [2.24, 2.45) is 0 Å². The fraction of sp³-hybridized carbons (Fsp3) is 0.227. The summed E-state index contributed by atoms with van der Waals surface area (Å²) in [6.45, 7) is 1.24. The third-order valence-electron chi connectivity index (χ3n) is 5.15. The molecule has 0 bridgehead atoms. The van der Waals surface area contributed by atoms with Crippen LogP contribution in [0.5, 0.6) is 0 Å². The second-order valence-electron chi connectivity index (χ2n) is 7.06. The Morgan fingerprint density at radius 2 is 2.17 bits per heavy atom. The fourth-order valence-electron chi connectivity index (χ4n) is 3.70. The molecule has 1 N–H and O–H groups in total. The van der Waals surface area contributed by atoms with Crippen molar-refractivity contribution in [2.75, 3.05) is 11.4 Å². The molecule has 146 valence electrons. The number of fused-ring (bicyclic) bond motifs is 1. The lowest BCUT2D eigenvalue weighted by molar-refractivity contribution is -0.122. The number of nitrogens with one attached hydrogen (secondary N) is 1. The van der Waals surface area contributed by atoms with Gasteiger partial charge in [0.1, 0.15) is 11.6 Å². The van der Waals surface area contributed by atoms with E-state index in [0.717, 1.165) is 46.6 Å². The minimum atomic E-state index is -0.262. The lowest BCUT2D eigenvalue weighted by Crippen LogP contribution is -2.43. The van der Waals surface area contributed by atoms with Crippen molar-refractivity contribution in [3.8, 4) is 10.6 Å². The molecule has 7 heteroatoms. The topological polar surface area (TPSA) is 71.3 Å². The van der Waals surface area contributed by atoms with Crippen molar-refractivity contribution in [3.05, 3.63) is 65.7 Å². The number of carbonyl (C=O) groups is 1. The smallest absolute Gasteiger partial charge is 0.299 e. The summed E-state index contributed by atoms with van der Waals surface area (Å²) >= 11 is 1.66. The molecule has 1 aliphatic rings. The van der Waals surface area contributed by atoms with Crippen LogP contribution < -0.4 is 10.2 Å². The van der Waals surface area contributed by atoms with E-state index >= 15 is 0 Å². The summed E-state index contributed by atoms with van der Waals surface area (Å²) in [7, 11) is 0. The molecule has 1 aliphatic heterocycles. The number of nitrogens with zero attached hydrogens (tertiary/aromatic N) is 3. The molecule has 0 unspecified atom stereocenters. The number of thiophene rings is 1. The van der Waals surface area contributed by atoms with Crippen LogP contribution in [0.4, 0.5) is 6.01 Å². The third-order valence-corrected chi connectivity index (χ3v) is 6.04. The zero-order chi connectivity index (χ0) is 19.6. The maximum Gasteiger partial charge on any atom is 0.299 e. The molecule has 4 heterocycles. The van der Waals surface area contributed by atoms with E-state index in [1.165, 1.54) is 0 Å². The van der Waals surface area contributed by atoms with Crippen molar-refractivity contribution in [3.63, 3.8) is 0 Å². The Morgan fingerprint density at radius 3 is 3.03 bits per heavy atom. The number of oxazole rings is 1. The number of pyridine rings is 1. The van der Waals surface area contributed by atoms with Crippen LogP contribution in [0.2, 0.25) is 0 Å². The van der Waals surface area contributed by atoms with Gasteiger partial charge in [-0.25, -0.2) is 0 Å². The highest BCUT2D eigenvalue weighted by atomic mass is 32.1. The van der Waals surface area contributed by atoms with Crippen LogP contribution in [0.25, 0.3) is 21.7 Å². The van der Waals surface area contributed by atoms with Gasteiger partial charge in [-0.1, -0.05) is 18.2 Å². The number of benzene rings is 1. The first-order valence-electron chi connectivity index (χ1n) is 9.67. The highest BCUT2D eigenvalue weighted by Gasteiger charge is 2.33. The number of amides is 1. The number of carbonyl (C=O) groups excluding carboxylic acids is 1. The van der Waals surface area contributed by atoms with E-state index < -0.39 is 0 Å². The first kappa shape index (κ1) is 17.9. The van der Waals surface area contributed by atoms with Gasteiger partial charge in [-0.2, -0.15) is 4.98 Å². The zero-order valence-electron chi connectivity index (χ0n) is 15.7. The Balaban J connectivity index is 1.28. The standard InChI is InChI=1S/C22H20N4O2S/c27-21(24-14-15-9-10-23-17(13-15)20-8-4-12-29-20)18-6-3-11-26(18)22-25-16-5-1-2-7-19(16)28-22/h1-2,4-5,7-10,12-13,18H,3,6,11,14H2,(H,24,27)/t18-/m0/s1. The zero-order valence-corrected chi connectivity index (χ0v) is 16.6. The molecule has 0 spiro atoms. The molecule has 3 aromatic heterocycles. The molecule has 1 amide bonds. The van der Waals surface area contributed by atoms with E-state index in [1.807, 2.05) is 58.8 Å². The molecule has 1 atom stereocenters. The van der Waals surface area contributed by atoms with Crippen LogP contribution >= 0.6 is 11.3 Å². The van der Waals surface area contributed by atoms with Gasteiger partial charge >= 0.3 is 0 Å². The molecular formula is C22H20N4O2S. The predicted molar refractivity (Wildman–Crippen MR) is 114 cm³/mol. The molecule has 5 rings (SSSR count). The van der Waals surface area contributed by atoms with Gasteiger partial charge in [0.15, 0.2) is 5.58 Å². The van der Waals surface area contributed by atoms with E-state index in [0.29, 0.717) is 12.6 Å². The number of rotatable bonds is 5. The van der Waals surface area contributed by atoms with Crippen LogP contribution in [0, 0.1) is 0 Å². The van der Waals surface area contributed by atoms with Gasteiger partial charge in [0.2, 0.25) is 5.91 Å². The van der Waals surface area contributed by atoms with E-state index in [-0.39, 0.29) is 11.9 Å². The fourth-order valence-corrected chi connectivity index (χ4v) is 4.39. The molecule has 0 saturated carbocycles. The van der Waals surface area contributed by atoms with Gasteiger partial charge in [-0.3, -0.25) is 9.78 Å². The first-order valence-corrected chi connectivity index (χ1v) is 10.5. The molecule has 1 aromatic carbocycles. The Labute approximate surface area is 172 Å². The SMILES string of the molecule is O=C(NCc1ccnc(-c2cccs2)c1)[C@@H]1CCCN1c1nc2ccccc2o1. The summed E-state index contributed by atoms with van der Waals surface area (Å²) in [5.74, 6) is -0.000702. The number of hydrogen-bond donors (Lipinski definition) is 1. The highest BCUT2D eigenvalue weighted by Crippen LogP contribution is 2.28. The Kier molecular flexibility index (Phi) is 4.73. The molecule has 29 heavy (non-hydrogen) atoms. The number of aromatic nitrogens is 2. The lowest BCUT2D eigenvalue weighted by atomic mass is 10.2. The van der Waals surface area contributed by atoms with Crippen molar-refractivity contribution in [1.29, 1.82) is 0 Å². The second kappa shape index (κ2) is 7.67. The largest absolute Gasteiger partial charge is 0.423 e. The molecule has 6 nitrogen and oxygen atoms in total. The molecule has 1 saturated heterocycles. The molecule has 0 radical (unpaired) electrons. The average Bonchev–Trinajstić information content (AvgIpc) is 3.51. The van der Waals surface area contributed by atoms with Gasteiger partial charge in [0.05, 0.1) is 10.6 Å². The van der Waals surface area contributed by atoms with Crippen molar-refractivity contribution in [1.82, 2.24) is 15.3 Å². The number of para-hydroxylation sites is 2. The lowest BCUT2D eigenvalue weighted by Gasteiger charge is -2.22. The van der Waals surface area contributed by atoms with Crippen LogP contribution in [-0.4, -0.2) is 28.5 Å². The molecule has 4 aromatic rings. The average molecular weight is 404 g/mol. The second-order valence-corrected chi connectivity index (χ2v) is 8.01. The minimum absolute atomic E-state index is 0.000702. The quantitative estimate of drug-likeness (QED) is 0.539. The first-order chi connectivity index (χ1) is 14.3. The molecular weight excluding hydrogens is 384 g/mol. The third kappa shape index (κ3) is 3.61. The van der Waals surface area contributed by atoms with E-state index in [4.69, 9.17) is 4.42 Å². The van der Waals surface area contributed by atoms with E-state index in [2.05, 4.69) is 15.3 Å². The summed E-state index contributed by atoms with van der Waals surface area (Å²) in [4.78, 5) is 25.0. The van der Waals surface area contributed by atoms with Gasteiger partial charge in [0, 0.05) is 19.3 Å².